The Morgan fingerprint density at radius 2 is 2.21 bits per heavy atom. The second-order valence-corrected chi connectivity index (χ2v) is 4.86. The van der Waals surface area contributed by atoms with Crippen LogP contribution in [0.4, 0.5) is 0 Å². The Kier molecular flexibility index (Phi) is 5.29. The smallest absolute Gasteiger partial charge is 0.232 e. The van der Waals surface area contributed by atoms with Gasteiger partial charge in [0.2, 0.25) is 5.91 Å². The molecule has 0 aromatic carbocycles. The summed E-state index contributed by atoms with van der Waals surface area (Å²) in [4.78, 5) is 13.5. The Hall–Kier alpha value is -0.260. The van der Waals surface area contributed by atoms with Gasteiger partial charge in [-0.2, -0.15) is 0 Å². The van der Waals surface area contributed by atoms with Gasteiger partial charge in [-0.25, -0.2) is 0 Å². The molecule has 82 valence electrons. The number of carbonyl (C=O) groups excluding carboxylic acids is 1. The van der Waals surface area contributed by atoms with E-state index in [9.17, 15) is 4.79 Å². The van der Waals surface area contributed by atoms with Gasteiger partial charge in [-0.3, -0.25) is 4.79 Å². The van der Waals surface area contributed by atoms with Gasteiger partial charge in [-0.1, -0.05) is 6.92 Å². The number of aliphatic hydroxyl groups is 1. The van der Waals surface area contributed by atoms with Crippen molar-refractivity contribution in [2.24, 2.45) is 0 Å². The minimum Gasteiger partial charge on any atom is -0.395 e. The molecule has 0 radical (unpaired) electrons. The fraction of sp³-hybridized carbons (Fsp3) is 0.889. The second kappa shape index (κ2) is 6.27. The van der Waals surface area contributed by atoms with Crippen LogP contribution >= 0.6 is 11.8 Å². The van der Waals surface area contributed by atoms with E-state index in [-0.39, 0.29) is 17.8 Å². The Bertz CT molecular complexity index is 184. The minimum atomic E-state index is 0.138. The molecule has 1 atom stereocenters. The van der Waals surface area contributed by atoms with Crippen LogP contribution in [-0.4, -0.2) is 59.7 Å². The molecule has 1 saturated heterocycles. The average Bonchev–Trinajstić information content (AvgIpc) is 2.26. The molecule has 1 unspecified atom stereocenters. The van der Waals surface area contributed by atoms with Crippen molar-refractivity contribution < 1.29 is 9.90 Å². The fourth-order valence-corrected chi connectivity index (χ4v) is 1.99. The van der Waals surface area contributed by atoms with E-state index in [0.717, 1.165) is 26.2 Å². The number of carbonyl (C=O) groups is 1. The van der Waals surface area contributed by atoms with Crippen LogP contribution in [0.3, 0.4) is 0 Å². The molecule has 0 aliphatic carbocycles. The molecule has 1 heterocycles. The van der Waals surface area contributed by atoms with Gasteiger partial charge < -0.3 is 15.3 Å². The van der Waals surface area contributed by atoms with Crippen molar-refractivity contribution in [1.82, 2.24) is 10.2 Å². The molecule has 2 N–H and O–H groups in total. The zero-order chi connectivity index (χ0) is 10.4. The summed E-state index contributed by atoms with van der Waals surface area (Å²) in [5.41, 5.74) is 0. The zero-order valence-corrected chi connectivity index (χ0v) is 9.35. The van der Waals surface area contributed by atoms with Crippen molar-refractivity contribution in [2.75, 3.05) is 38.5 Å². The summed E-state index contributed by atoms with van der Waals surface area (Å²) in [6, 6.07) is 0. The normalized spacial score (nSPS) is 19.4. The lowest BCUT2D eigenvalue weighted by Gasteiger charge is -2.27. The number of hydrogen-bond donors (Lipinski definition) is 2. The van der Waals surface area contributed by atoms with Crippen LogP contribution in [0.1, 0.15) is 6.92 Å². The standard InChI is InChI=1S/C9H18N2O2S/c1-8(6-12)14-7-9(13)11-4-2-10-3-5-11/h8,10,12H,2-7H2,1H3. The van der Waals surface area contributed by atoms with Crippen molar-refractivity contribution in [3.63, 3.8) is 0 Å². The van der Waals surface area contributed by atoms with Crippen LogP contribution in [0.15, 0.2) is 0 Å². The molecule has 0 saturated carbocycles. The van der Waals surface area contributed by atoms with Crippen LogP contribution in [0.25, 0.3) is 0 Å². The summed E-state index contributed by atoms with van der Waals surface area (Å²) in [5, 5.41) is 12.2. The molecule has 14 heavy (non-hydrogen) atoms. The first-order valence-electron chi connectivity index (χ1n) is 4.95. The van der Waals surface area contributed by atoms with E-state index in [1.54, 1.807) is 0 Å². The predicted molar refractivity (Wildman–Crippen MR) is 58.5 cm³/mol. The Morgan fingerprint density at radius 1 is 1.57 bits per heavy atom. The quantitative estimate of drug-likeness (QED) is 0.670. The number of amides is 1. The topological polar surface area (TPSA) is 52.6 Å². The van der Waals surface area contributed by atoms with Gasteiger partial charge in [-0.05, 0) is 0 Å². The maximum Gasteiger partial charge on any atom is 0.232 e. The molecule has 0 bridgehead atoms. The molecular weight excluding hydrogens is 200 g/mol. The Labute approximate surface area is 89.0 Å². The lowest BCUT2D eigenvalue weighted by molar-refractivity contribution is -0.128. The first-order valence-corrected chi connectivity index (χ1v) is 6.00. The summed E-state index contributed by atoms with van der Waals surface area (Å²) >= 11 is 1.52. The third-order valence-corrected chi connectivity index (χ3v) is 3.35. The highest BCUT2D eigenvalue weighted by molar-refractivity contribution is 8.00. The number of hydrogen-bond acceptors (Lipinski definition) is 4. The van der Waals surface area contributed by atoms with Crippen LogP contribution in [0.2, 0.25) is 0 Å². The maximum absolute atomic E-state index is 11.6. The molecule has 0 spiro atoms. The number of thioether (sulfide) groups is 1. The third kappa shape index (κ3) is 3.86. The zero-order valence-electron chi connectivity index (χ0n) is 8.53. The van der Waals surface area contributed by atoms with Crippen LogP contribution in [0.5, 0.6) is 0 Å². The van der Waals surface area contributed by atoms with Crippen LogP contribution in [0, 0.1) is 0 Å². The number of aliphatic hydroxyl groups excluding tert-OH is 1. The fourth-order valence-electron chi connectivity index (χ4n) is 1.27. The summed E-state index contributed by atoms with van der Waals surface area (Å²) in [7, 11) is 0. The summed E-state index contributed by atoms with van der Waals surface area (Å²) < 4.78 is 0. The molecule has 1 aliphatic heterocycles. The van der Waals surface area contributed by atoms with Gasteiger partial charge in [0, 0.05) is 31.4 Å². The van der Waals surface area contributed by atoms with Gasteiger partial charge in [0.1, 0.15) is 0 Å². The van der Waals surface area contributed by atoms with E-state index in [2.05, 4.69) is 5.32 Å². The third-order valence-electron chi connectivity index (χ3n) is 2.22. The molecule has 5 heteroatoms. The van der Waals surface area contributed by atoms with E-state index in [1.165, 1.54) is 11.8 Å². The average molecular weight is 218 g/mol. The van der Waals surface area contributed by atoms with Crippen molar-refractivity contribution in [2.45, 2.75) is 12.2 Å². The van der Waals surface area contributed by atoms with E-state index >= 15 is 0 Å². The molecule has 0 aromatic heterocycles. The molecular formula is C9H18N2O2S. The Balaban J connectivity index is 2.19. The van der Waals surface area contributed by atoms with Crippen LogP contribution < -0.4 is 5.32 Å². The minimum absolute atomic E-state index is 0.138. The van der Waals surface area contributed by atoms with Gasteiger partial charge in [0.05, 0.1) is 12.4 Å². The number of rotatable bonds is 4. The molecule has 1 amide bonds. The van der Waals surface area contributed by atoms with E-state index < -0.39 is 0 Å². The SMILES string of the molecule is CC(CO)SCC(=O)N1CCNCC1. The Morgan fingerprint density at radius 3 is 2.79 bits per heavy atom. The monoisotopic (exact) mass is 218 g/mol. The summed E-state index contributed by atoms with van der Waals surface area (Å²) in [6.45, 7) is 5.48. The highest BCUT2D eigenvalue weighted by atomic mass is 32.2. The van der Waals surface area contributed by atoms with Gasteiger partial charge >= 0.3 is 0 Å². The van der Waals surface area contributed by atoms with Gasteiger partial charge in [0.25, 0.3) is 0 Å². The highest BCUT2D eigenvalue weighted by Gasteiger charge is 2.16. The molecule has 1 fully saturated rings. The summed E-state index contributed by atoms with van der Waals surface area (Å²) in [5.74, 6) is 0.679. The van der Waals surface area contributed by atoms with Gasteiger partial charge in [-0.15, -0.1) is 11.8 Å². The number of nitrogens with zero attached hydrogens (tertiary/aromatic N) is 1. The second-order valence-electron chi connectivity index (χ2n) is 3.43. The molecule has 4 nitrogen and oxygen atoms in total. The van der Waals surface area contributed by atoms with E-state index in [0.29, 0.717) is 5.75 Å². The van der Waals surface area contributed by atoms with Crippen LogP contribution in [-0.2, 0) is 4.79 Å². The highest BCUT2D eigenvalue weighted by Crippen LogP contribution is 2.10. The number of piperazine rings is 1. The predicted octanol–water partition coefficient (Wildman–Crippen LogP) is -0.468. The lowest BCUT2D eigenvalue weighted by Crippen LogP contribution is -2.47. The molecule has 0 aromatic rings. The first kappa shape index (κ1) is 11.8. The summed E-state index contributed by atoms with van der Waals surface area (Å²) in [6.07, 6.45) is 0. The number of nitrogens with one attached hydrogen (secondary N) is 1. The van der Waals surface area contributed by atoms with Crippen molar-refractivity contribution in [3.05, 3.63) is 0 Å². The molecule has 1 rings (SSSR count). The molecule has 1 aliphatic rings. The lowest BCUT2D eigenvalue weighted by atomic mass is 10.3. The van der Waals surface area contributed by atoms with E-state index in [1.807, 2.05) is 11.8 Å². The maximum atomic E-state index is 11.6. The van der Waals surface area contributed by atoms with Crippen molar-refractivity contribution in [3.8, 4) is 0 Å². The first-order chi connectivity index (χ1) is 6.74. The largest absolute Gasteiger partial charge is 0.395 e. The van der Waals surface area contributed by atoms with E-state index in [4.69, 9.17) is 5.11 Å². The van der Waals surface area contributed by atoms with Crippen molar-refractivity contribution in [1.29, 1.82) is 0 Å². The van der Waals surface area contributed by atoms with Gasteiger partial charge in [0.15, 0.2) is 0 Å². The van der Waals surface area contributed by atoms with Crippen molar-refractivity contribution >= 4 is 17.7 Å².